The SMILES string of the molecule is CO[C@@H]1[C@H]2OC(C)(C)O[C@H]2O[C@@H]1[C@H](CC(=O)O)NCc1ccccc1. The molecule has 0 aromatic heterocycles. The number of carboxylic acid groups (broad SMARTS) is 1. The first-order chi connectivity index (χ1) is 11.9. The molecule has 7 heteroatoms. The average molecular weight is 351 g/mol. The van der Waals surface area contributed by atoms with Crippen molar-refractivity contribution in [3.05, 3.63) is 35.9 Å². The topological polar surface area (TPSA) is 86.2 Å². The van der Waals surface area contributed by atoms with Gasteiger partial charge in [0.15, 0.2) is 12.1 Å². The number of rotatable bonds is 7. The van der Waals surface area contributed by atoms with Gasteiger partial charge in [-0.3, -0.25) is 4.79 Å². The van der Waals surface area contributed by atoms with Gasteiger partial charge in [0.2, 0.25) is 0 Å². The van der Waals surface area contributed by atoms with Crippen LogP contribution < -0.4 is 5.32 Å². The molecule has 0 aliphatic carbocycles. The van der Waals surface area contributed by atoms with Gasteiger partial charge in [-0.15, -0.1) is 0 Å². The molecule has 0 bridgehead atoms. The minimum absolute atomic E-state index is 0.0831. The summed E-state index contributed by atoms with van der Waals surface area (Å²) in [6.45, 7) is 4.18. The first-order valence-electron chi connectivity index (χ1n) is 8.42. The Morgan fingerprint density at radius 1 is 1.32 bits per heavy atom. The number of carbonyl (C=O) groups is 1. The van der Waals surface area contributed by atoms with E-state index < -0.39 is 36.3 Å². The second kappa shape index (κ2) is 7.39. The van der Waals surface area contributed by atoms with Crippen molar-refractivity contribution in [3.63, 3.8) is 0 Å². The van der Waals surface area contributed by atoms with E-state index in [1.807, 2.05) is 44.2 Å². The molecule has 3 rings (SSSR count). The number of hydrogen-bond donors (Lipinski definition) is 2. The van der Waals surface area contributed by atoms with Gasteiger partial charge < -0.3 is 29.4 Å². The molecule has 1 aromatic carbocycles. The molecule has 7 nitrogen and oxygen atoms in total. The molecule has 2 N–H and O–H groups in total. The largest absolute Gasteiger partial charge is 0.481 e. The van der Waals surface area contributed by atoms with Gasteiger partial charge in [-0.25, -0.2) is 0 Å². The molecule has 0 saturated carbocycles. The highest BCUT2D eigenvalue weighted by molar-refractivity contribution is 5.67. The minimum Gasteiger partial charge on any atom is -0.481 e. The summed E-state index contributed by atoms with van der Waals surface area (Å²) in [5.74, 6) is -1.64. The van der Waals surface area contributed by atoms with E-state index >= 15 is 0 Å². The highest BCUT2D eigenvalue weighted by Gasteiger charge is 2.56. The van der Waals surface area contributed by atoms with Crippen LogP contribution in [0.2, 0.25) is 0 Å². The Hall–Kier alpha value is -1.51. The third-order valence-corrected chi connectivity index (χ3v) is 4.50. The van der Waals surface area contributed by atoms with Crippen LogP contribution in [0.15, 0.2) is 30.3 Å². The number of methoxy groups -OCH3 is 1. The fraction of sp³-hybridized carbons (Fsp3) is 0.611. The molecule has 2 fully saturated rings. The van der Waals surface area contributed by atoms with Crippen molar-refractivity contribution in [3.8, 4) is 0 Å². The van der Waals surface area contributed by atoms with Gasteiger partial charge in [0, 0.05) is 19.7 Å². The van der Waals surface area contributed by atoms with Gasteiger partial charge in [-0.05, 0) is 19.4 Å². The molecule has 0 unspecified atom stereocenters. The Balaban J connectivity index is 1.71. The smallest absolute Gasteiger partial charge is 0.305 e. The van der Waals surface area contributed by atoms with Crippen LogP contribution in [-0.2, 0) is 30.3 Å². The van der Waals surface area contributed by atoms with Crippen molar-refractivity contribution in [1.29, 1.82) is 0 Å². The summed E-state index contributed by atoms with van der Waals surface area (Å²) in [5.41, 5.74) is 1.07. The molecule has 2 saturated heterocycles. The molecule has 1 aromatic rings. The van der Waals surface area contributed by atoms with Crippen LogP contribution in [0.5, 0.6) is 0 Å². The Morgan fingerprint density at radius 3 is 2.68 bits per heavy atom. The van der Waals surface area contributed by atoms with Crippen LogP contribution in [0.4, 0.5) is 0 Å². The van der Waals surface area contributed by atoms with Crippen LogP contribution in [0.1, 0.15) is 25.8 Å². The number of carboxylic acids is 1. The van der Waals surface area contributed by atoms with E-state index in [1.165, 1.54) is 0 Å². The van der Waals surface area contributed by atoms with E-state index in [0.717, 1.165) is 5.56 Å². The second-order valence-corrected chi connectivity index (χ2v) is 6.84. The monoisotopic (exact) mass is 351 g/mol. The van der Waals surface area contributed by atoms with Gasteiger partial charge in [0.1, 0.15) is 18.3 Å². The summed E-state index contributed by atoms with van der Waals surface area (Å²) in [4.78, 5) is 11.3. The van der Waals surface area contributed by atoms with Crippen molar-refractivity contribution in [2.45, 2.75) is 63.2 Å². The Morgan fingerprint density at radius 2 is 2.04 bits per heavy atom. The molecule has 2 aliphatic rings. The number of ether oxygens (including phenoxy) is 4. The molecule has 2 aliphatic heterocycles. The Kier molecular flexibility index (Phi) is 5.41. The van der Waals surface area contributed by atoms with E-state index in [-0.39, 0.29) is 12.5 Å². The minimum atomic E-state index is -0.900. The maximum atomic E-state index is 11.3. The summed E-state index contributed by atoms with van der Waals surface area (Å²) in [7, 11) is 1.58. The number of nitrogens with one attached hydrogen (secondary N) is 1. The van der Waals surface area contributed by atoms with Crippen molar-refractivity contribution < 1.29 is 28.8 Å². The van der Waals surface area contributed by atoms with Crippen molar-refractivity contribution in [1.82, 2.24) is 5.32 Å². The number of aliphatic carboxylic acids is 1. The molecule has 25 heavy (non-hydrogen) atoms. The lowest BCUT2D eigenvalue weighted by Crippen LogP contribution is -2.49. The van der Waals surface area contributed by atoms with E-state index in [4.69, 9.17) is 18.9 Å². The van der Waals surface area contributed by atoms with Crippen LogP contribution in [-0.4, -0.2) is 54.6 Å². The molecular weight excluding hydrogens is 326 g/mol. The first-order valence-corrected chi connectivity index (χ1v) is 8.42. The van der Waals surface area contributed by atoms with E-state index in [0.29, 0.717) is 6.54 Å². The third-order valence-electron chi connectivity index (χ3n) is 4.50. The van der Waals surface area contributed by atoms with Gasteiger partial charge >= 0.3 is 5.97 Å². The maximum absolute atomic E-state index is 11.3. The normalized spacial score (nSPS) is 31.6. The Bertz CT molecular complexity index is 592. The molecule has 5 atom stereocenters. The lowest BCUT2D eigenvalue weighted by Gasteiger charge is -2.30. The predicted molar refractivity (Wildman–Crippen MR) is 88.8 cm³/mol. The van der Waals surface area contributed by atoms with Gasteiger partial charge in [-0.1, -0.05) is 30.3 Å². The van der Waals surface area contributed by atoms with Crippen LogP contribution in [0.25, 0.3) is 0 Å². The molecule has 0 radical (unpaired) electrons. The second-order valence-electron chi connectivity index (χ2n) is 6.84. The molecule has 2 heterocycles. The number of hydrogen-bond acceptors (Lipinski definition) is 6. The first kappa shape index (κ1) is 18.3. The zero-order chi connectivity index (χ0) is 18.0. The lowest BCUT2D eigenvalue weighted by molar-refractivity contribution is -0.220. The number of benzene rings is 1. The van der Waals surface area contributed by atoms with Crippen molar-refractivity contribution >= 4 is 5.97 Å². The lowest BCUT2D eigenvalue weighted by atomic mass is 10.00. The van der Waals surface area contributed by atoms with Crippen molar-refractivity contribution in [2.24, 2.45) is 0 Å². The zero-order valence-corrected chi connectivity index (χ0v) is 14.7. The summed E-state index contributed by atoms with van der Waals surface area (Å²) in [5, 5.41) is 12.6. The molecule has 138 valence electrons. The molecule has 0 spiro atoms. The highest BCUT2D eigenvalue weighted by Crippen LogP contribution is 2.39. The summed E-state index contributed by atoms with van der Waals surface area (Å²) in [6.07, 6.45) is -1.89. The molecule has 0 amide bonds. The third kappa shape index (κ3) is 4.19. The molecular formula is C18H25NO6. The Labute approximate surface area is 147 Å². The van der Waals surface area contributed by atoms with E-state index in [1.54, 1.807) is 7.11 Å². The van der Waals surface area contributed by atoms with Crippen LogP contribution in [0.3, 0.4) is 0 Å². The van der Waals surface area contributed by atoms with Crippen LogP contribution >= 0.6 is 0 Å². The van der Waals surface area contributed by atoms with E-state index in [2.05, 4.69) is 5.32 Å². The predicted octanol–water partition coefficient (Wildman–Crippen LogP) is 1.51. The quantitative estimate of drug-likeness (QED) is 0.770. The van der Waals surface area contributed by atoms with Crippen LogP contribution in [0, 0.1) is 0 Å². The summed E-state index contributed by atoms with van der Waals surface area (Å²) in [6, 6.07) is 9.37. The summed E-state index contributed by atoms with van der Waals surface area (Å²) >= 11 is 0. The van der Waals surface area contributed by atoms with Gasteiger partial charge in [0.05, 0.1) is 6.42 Å². The maximum Gasteiger partial charge on any atom is 0.305 e. The fourth-order valence-electron chi connectivity index (χ4n) is 3.43. The highest BCUT2D eigenvalue weighted by atomic mass is 16.8. The zero-order valence-electron chi connectivity index (χ0n) is 14.7. The summed E-state index contributed by atoms with van der Waals surface area (Å²) < 4.78 is 23.2. The van der Waals surface area contributed by atoms with Gasteiger partial charge in [-0.2, -0.15) is 0 Å². The fourth-order valence-corrected chi connectivity index (χ4v) is 3.43. The van der Waals surface area contributed by atoms with Gasteiger partial charge in [0.25, 0.3) is 0 Å². The number of fused-ring (bicyclic) bond motifs is 1. The van der Waals surface area contributed by atoms with E-state index in [9.17, 15) is 9.90 Å². The standard InChI is InChI=1S/C18H25NO6/c1-18(2)24-16-15(22-3)14(23-17(16)25-18)12(9-13(20)21)19-10-11-7-5-4-6-8-11/h4-8,12,14-17,19H,9-10H2,1-3H3,(H,20,21)/t12-,14+,15-,16+,17+/m0/s1. The van der Waals surface area contributed by atoms with Crippen molar-refractivity contribution in [2.75, 3.05) is 7.11 Å². The average Bonchev–Trinajstić information content (AvgIpc) is 3.03.